The number of carbonyl (C=O) groups excluding carboxylic acids is 2. The van der Waals surface area contributed by atoms with Crippen molar-refractivity contribution in [3.05, 3.63) is 70.4 Å². The maximum absolute atomic E-state index is 14.6. The maximum atomic E-state index is 14.6. The van der Waals surface area contributed by atoms with Crippen molar-refractivity contribution in [2.45, 2.75) is 39.7 Å². The van der Waals surface area contributed by atoms with Gasteiger partial charge in [0.2, 0.25) is 0 Å². The zero-order valence-corrected chi connectivity index (χ0v) is 17.6. The summed E-state index contributed by atoms with van der Waals surface area (Å²) < 4.78 is 25.8. The molecule has 3 aromatic rings. The molecule has 1 atom stereocenters. The van der Waals surface area contributed by atoms with Gasteiger partial charge in [0.25, 0.3) is 5.91 Å². The van der Waals surface area contributed by atoms with Crippen LogP contribution >= 0.6 is 0 Å². The molecule has 0 saturated heterocycles. The lowest BCUT2D eigenvalue weighted by Crippen LogP contribution is -2.34. The molecule has 2 aromatic carbocycles. The van der Waals surface area contributed by atoms with Crippen molar-refractivity contribution in [2.24, 2.45) is 0 Å². The summed E-state index contributed by atoms with van der Waals surface area (Å²) in [5, 5.41) is 6.59. The van der Waals surface area contributed by atoms with E-state index in [2.05, 4.69) is 10.5 Å². The minimum atomic E-state index is -0.420. The van der Waals surface area contributed by atoms with E-state index >= 15 is 0 Å². The number of rotatable bonds is 6. The third kappa shape index (κ3) is 4.21. The Hall–Kier alpha value is -3.48. The van der Waals surface area contributed by atoms with Crippen molar-refractivity contribution >= 4 is 11.7 Å². The Balaban J connectivity index is 1.55. The molecule has 0 bridgehead atoms. The normalized spacial score (nSPS) is 14.8. The van der Waals surface area contributed by atoms with Crippen LogP contribution in [0.1, 0.15) is 51.6 Å². The molecule has 0 fully saturated rings. The highest BCUT2D eigenvalue weighted by Crippen LogP contribution is 2.41. The molecule has 0 radical (unpaired) electrons. The lowest BCUT2D eigenvalue weighted by Gasteiger charge is -2.14. The number of amides is 1. The molecule has 1 aromatic heterocycles. The van der Waals surface area contributed by atoms with Crippen LogP contribution < -0.4 is 10.1 Å². The molecule has 6 nitrogen and oxygen atoms in total. The Bertz CT molecular complexity index is 1170. The highest BCUT2D eigenvalue weighted by molar-refractivity contribution is 5.95. The number of hydrogen-bond acceptors (Lipinski definition) is 5. The second-order valence-electron chi connectivity index (χ2n) is 7.74. The van der Waals surface area contributed by atoms with Gasteiger partial charge in [0.05, 0.1) is 6.54 Å². The lowest BCUT2D eigenvalue weighted by molar-refractivity contribution is 0.0924. The quantitative estimate of drug-likeness (QED) is 0.600. The number of nitrogens with zero attached hydrogens (tertiary/aromatic N) is 1. The van der Waals surface area contributed by atoms with Crippen molar-refractivity contribution in [3.63, 3.8) is 0 Å². The summed E-state index contributed by atoms with van der Waals surface area (Å²) in [5.74, 6) is 0.338. The average Bonchev–Trinajstić information content (AvgIpc) is 3.38. The number of ether oxygens (including phenoxy) is 1. The minimum absolute atomic E-state index is 0.133. The van der Waals surface area contributed by atoms with Crippen molar-refractivity contribution in [1.29, 1.82) is 0 Å². The summed E-state index contributed by atoms with van der Waals surface area (Å²) in [7, 11) is 0. The molecule has 0 spiro atoms. The third-order valence-corrected chi connectivity index (χ3v) is 5.34. The summed E-state index contributed by atoms with van der Waals surface area (Å²) in [5.41, 5.74) is 3.50. The zero-order valence-electron chi connectivity index (χ0n) is 17.6. The first kappa shape index (κ1) is 20.8. The zero-order chi connectivity index (χ0) is 22.1. The van der Waals surface area contributed by atoms with Crippen LogP contribution in [-0.2, 0) is 12.8 Å². The van der Waals surface area contributed by atoms with Crippen LogP contribution in [0.5, 0.6) is 5.75 Å². The highest BCUT2D eigenvalue weighted by atomic mass is 19.1. The number of aromatic nitrogens is 1. The number of ketones is 1. The van der Waals surface area contributed by atoms with E-state index in [0.717, 1.165) is 11.1 Å². The van der Waals surface area contributed by atoms with Gasteiger partial charge < -0.3 is 14.6 Å². The van der Waals surface area contributed by atoms with Gasteiger partial charge in [-0.2, -0.15) is 0 Å². The Morgan fingerprint density at radius 3 is 2.71 bits per heavy atom. The van der Waals surface area contributed by atoms with Gasteiger partial charge in [-0.25, -0.2) is 4.39 Å². The summed E-state index contributed by atoms with van der Waals surface area (Å²) in [4.78, 5) is 24.1. The molecule has 0 unspecified atom stereocenters. The number of benzene rings is 2. The molecule has 1 aliphatic heterocycles. The summed E-state index contributed by atoms with van der Waals surface area (Å²) in [6.45, 7) is 5.57. The first-order valence-electron chi connectivity index (χ1n) is 10.2. The fourth-order valence-electron chi connectivity index (χ4n) is 3.74. The van der Waals surface area contributed by atoms with E-state index < -0.39 is 5.82 Å². The molecule has 1 N–H and O–H groups in total. The minimum Gasteiger partial charge on any atom is -0.487 e. The molecule has 0 saturated carbocycles. The van der Waals surface area contributed by atoms with Gasteiger partial charge in [-0.15, -0.1) is 0 Å². The number of Topliss-reactive ketones (excluding diaryl/α,β-unsaturated/α-hetero) is 1. The molecule has 160 valence electrons. The Kier molecular flexibility index (Phi) is 5.59. The van der Waals surface area contributed by atoms with Gasteiger partial charge >= 0.3 is 0 Å². The molecule has 4 rings (SSSR count). The number of hydrogen-bond donors (Lipinski definition) is 1. The molecule has 0 aliphatic carbocycles. The largest absolute Gasteiger partial charge is 0.487 e. The summed E-state index contributed by atoms with van der Waals surface area (Å²) >= 11 is 0. The first-order chi connectivity index (χ1) is 14.9. The van der Waals surface area contributed by atoms with E-state index in [4.69, 9.17) is 9.26 Å². The number of fused-ring (bicyclic) bond motifs is 1. The van der Waals surface area contributed by atoms with Gasteiger partial charge in [-0.05, 0) is 49.2 Å². The van der Waals surface area contributed by atoms with Gasteiger partial charge in [0, 0.05) is 35.6 Å². The summed E-state index contributed by atoms with van der Waals surface area (Å²) in [6, 6.07) is 9.80. The van der Waals surface area contributed by atoms with Gasteiger partial charge in [-0.1, -0.05) is 18.1 Å². The smallest absolute Gasteiger partial charge is 0.273 e. The van der Waals surface area contributed by atoms with Crippen LogP contribution in [0, 0.1) is 12.7 Å². The standard InChI is InChI=1S/C24H23FN2O4/c1-4-17-11-22(27-31-17)24(29)26-12-18-9-16-7-13(2)8-20(23(16)30-18)19-10-15(14(3)28)5-6-21(19)25/h5-8,10-11,18H,4,9,12H2,1-3H3,(H,26,29)/t18-/m0/s1. The van der Waals surface area contributed by atoms with Crippen LogP contribution in [0.25, 0.3) is 11.1 Å². The van der Waals surface area contributed by atoms with E-state index in [9.17, 15) is 14.0 Å². The topological polar surface area (TPSA) is 81.4 Å². The lowest BCUT2D eigenvalue weighted by atomic mass is 9.95. The van der Waals surface area contributed by atoms with Gasteiger partial charge in [0.1, 0.15) is 23.4 Å². The van der Waals surface area contributed by atoms with Gasteiger partial charge in [-0.3, -0.25) is 9.59 Å². The second kappa shape index (κ2) is 8.34. The Morgan fingerprint density at radius 2 is 2.00 bits per heavy atom. The SMILES string of the molecule is CCc1cc(C(=O)NC[C@@H]2Cc3cc(C)cc(-c4cc(C(C)=O)ccc4F)c3O2)no1. The van der Waals surface area contributed by atoms with E-state index in [-0.39, 0.29) is 30.0 Å². The fourth-order valence-corrected chi connectivity index (χ4v) is 3.74. The van der Waals surface area contributed by atoms with Crippen LogP contribution in [-0.4, -0.2) is 29.5 Å². The summed E-state index contributed by atoms with van der Waals surface area (Å²) in [6.07, 6.45) is 0.943. The maximum Gasteiger partial charge on any atom is 0.273 e. The fraction of sp³-hybridized carbons (Fsp3) is 0.292. The molecular weight excluding hydrogens is 399 g/mol. The number of nitrogens with one attached hydrogen (secondary N) is 1. The van der Waals surface area contributed by atoms with Gasteiger partial charge in [0.15, 0.2) is 11.5 Å². The molecule has 1 amide bonds. The molecule has 7 heteroatoms. The predicted molar refractivity (Wildman–Crippen MR) is 113 cm³/mol. The highest BCUT2D eigenvalue weighted by Gasteiger charge is 2.28. The molecule has 31 heavy (non-hydrogen) atoms. The van der Waals surface area contributed by atoms with E-state index in [1.807, 2.05) is 26.0 Å². The number of aryl methyl sites for hydroxylation is 2. The van der Waals surface area contributed by atoms with E-state index in [0.29, 0.717) is 41.0 Å². The van der Waals surface area contributed by atoms with Crippen molar-refractivity contribution in [1.82, 2.24) is 10.5 Å². The van der Waals surface area contributed by atoms with E-state index in [1.54, 1.807) is 12.1 Å². The molecular formula is C24H23FN2O4. The first-order valence-corrected chi connectivity index (χ1v) is 10.2. The number of halogens is 1. The van der Waals surface area contributed by atoms with Crippen LogP contribution in [0.2, 0.25) is 0 Å². The van der Waals surface area contributed by atoms with Crippen molar-refractivity contribution in [2.75, 3.05) is 6.54 Å². The monoisotopic (exact) mass is 422 g/mol. The van der Waals surface area contributed by atoms with Crippen molar-refractivity contribution < 1.29 is 23.2 Å². The predicted octanol–water partition coefficient (Wildman–Crippen LogP) is 4.29. The third-order valence-electron chi connectivity index (χ3n) is 5.34. The van der Waals surface area contributed by atoms with E-state index in [1.165, 1.54) is 19.1 Å². The van der Waals surface area contributed by atoms with Crippen molar-refractivity contribution in [3.8, 4) is 16.9 Å². The Morgan fingerprint density at radius 1 is 1.19 bits per heavy atom. The molecule has 1 aliphatic rings. The van der Waals surface area contributed by atoms with Crippen LogP contribution in [0.3, 0.4) is 0 Å². The van der Waals surface area contributed by atoms with Crippen LogP contribution in [0.15, 0.2) is 40.9 Å². The second-order valence-corrected chi connectivity index (χ2v) is 7.74. The van der Waals surface area contributed by atoms with Crippen LogP contribution in [0.4, 0.5) is 4.39 Å². The number of carbonyl (C=O) groups is 2. The average molecular weight is 422 g/mol. The Labute approximate surface area is 179 Å². The molecule has 2 heterocycles.